The van der Waals surface area contributed by atoms with E-state index in [0.29, 0.717) is 12.5 Å². The van der Waals surface area contributed by atoms with Crippen LogP contribution >= 0.6 is 0 Å². The van der Waals surface area contributed by atoms with Crippen molar-refractivity contribution in [3.05, 3.63) is 0 Å². The summed E-state index contributed by atoms with van der Waals surface area (Å²) in [7, 11) is 0. The summed E-state index contributed by atoms with van der Waals surface area (Å²) >= 11 is 0. The molecule has 2 saturated carbocycles. The summed E-state index contributed by atoms with van der Waals surface area (Å²) in [5.41, 5.74) is 0. The predicted octanol–water partition coefficient (Wildman–Crippen LogP) is 1.39. The lowest BCUT2D eigenvalue weighted by atomic mass is 10.1. The first-order valence-electron chi connectivity index (χ1n) is 5.65. The van der Waals surface area contributed by atoms with Gasteiger partial charge in [-0.25, -0.2) is 0 Å². The average Bonchev–Trinajstić information content (AvgIpc) is 2.98. The molecule has 0 heterocycles. The van der Waals surface area contributed by atoms with Crippen LogP contribution in [0.5, 0.6) is 0 Å². The molecular formula is C11H21NO. The van der Waals surface area contributed by atoms with Gasteiger partial charge in [0.25, 0.3) is 0 Å². The van der Waals surface area contributed by atoms with E-state index in [1.807, 2.05) is 0 Å². The molecule has 0 saturated heterocycles. The van der Waals surface area contributed by atoms with Crippen LogP contribution in [0.1, 0.15) is 32.6 Å². The van der Waals surface area contributed by atoms with Gasteiger partial charge in [-0.15, -0.1) is 0 Å². The minimum absolute atomic E-state index is 0.315. The van der Waals surface area contributed by atoms with Gasteiger partial charge in [0, 0.05) is 19.2 Å². The van der Waals surface area contributed by atoms with Crippen molar-refractivity contribution in [2.24, 2.45) is 17.8 Å². The number of rotatable bonds is 6. The summed E-state index contributed by atoms with van der Waals surface area (Å²) in [4.78, 5) is 0. The SMILES string of the molecule is CC(CO)CNC(C1CC1)C1CC1. The number of hydrogen-bond donors (Lipinski definition) is 2. The Kier molecular flexibility index (Phi) is 2.89. The molecule has 0 amide bonds. The van der Waals surface area contributed by atoms with E-state index < -0.39 is 0 Å². The van der Waals surface area contributed by atoms with Gasteiger partial charge < -0.3 is 10.4 Å². The molecule has 2 aliphatic rings. The minimum Gasteiger partial charge on any atom is -0.396 e. The molecular weight excluding hydrogens is 162 g/mol. The molecule has 1 unspecified atom stereocenters. The van der Waals surface area contributed by atoms with Crippen LogP contribution in [0, 0.1) is 17.8 Å². The molecule has 0 spiro atoms. The van der Waals surface area contributed by atoms with E-state index in [4.69, 9.17) is 5.11 Å². The normalized spacial score (nSPS) is 25.2. The molecule has 2 heteroatoms. The van der Waals surface area contributed by atoms with E-state index in [2.05, 4.69) is 12.2 Å². The Morgan fingerprint density at radius 2 is 1.77 bits per heavy atom. The maximum atomic E-state index is 8.92. The van der Waals surface area contributed by atoms with Crippen molar-refractivity contribution in [2.45, 2.75) is 38.6 Å². The highest BCUT2D eigenvalue weighted by Crippen LogP contribution is 2.44. The van der Waals surface area contributed by atoms with E-state index in [9.17, 15) is 0 Å². The lowest BCUT2D eigenvalue weighted by Gasteiger charge is -2.19. The van der Waals surface area contributed by atoms with Crippen molar-refractivity contribution in [3.8, 4) is 0 Å². The maximum Gasteiger partial charge on any atom is 0.0468 e. The highest BCUT2D eigenvalue weighted by atomic mass is 16.3. The van der Waals surface area contributed by atoms with Gasteiger partial charge in [-0.05, 0) is 43.4 Å². The van der Waals surface area contributed by atoms with E-state index in [1.165, 1.54) is 25.7 Å². The zero-order valence-corrected chi connectivity index (χ0v) is 8.50. The second-order valence-electron chi connectivity index (χ2n) is 4.90. The lowest BCUT2D eigenvalue weighted by molar-refractivity contribution is 0.226. The topological polar surface area (TPSA) is 32.3 Å². The zero-order valence-electron chi connectivity index (χ0n) is 8.50. The number of hydrogen-bond acceptors (Lipinski definition) is 2. The zero-order chi connectivity index (χ0) is 9.26. The van der Waals surface area contributed by atoms with Gasteiger partial charge in [-0.1, -0.05) is 6.92 Å². The van der Waals surface area contributed by atoms with Crippen LogP contribution in [0.15, 0.2) is 0 Å². The molecule has 2 nitrogen and oxygen atoms in total. The highest BCUT2D eigenvalue weighted by Gasteiger charge is 2.40. The summed E-state index contributed by atoms with van der Waals surface area (Å²) in [6, 6.07) is 0.786. The van der Waals surface area contributed by atoms with E-state index >= 15 is 0 Å². The molecule has 2 fully saturated rings. The standard InChI is InChI=1S/C11H21NO/c1-8(7-13)6-12-11(9-2-3-9)10-4-5-10/h8-13H,2-7H2,1H3. The number of aliphatic hydroxyl groups excluding tert-OH is 1. The van der Waals surface area contributed by atoms with Crippen LogP contribution in [0.4, 0.5) is 0 Å². The monoisotopic (exact) mass is 183 g/mol. The summed E-state index contributed by atoms with van der Waals surface area (Å²) in [5, 5.41) is 12.6. The van der Waals surface area contributed by atoms with Crippen molar-refractivity contribution in [3.63, 3.8) is 0 Å². The Bertz CT molecular complexity index is 151. The first-order chi connectivity index (χ1) is 6.31. The van der Waals surface area contributed by atoms with Gasteiger partial charge in [-0.2, -0.15) is 0 Å². The van der Waals surface area contributed by atoms with Gasteiger partial charge in [-0.3, -0.25) is 0 Å². The third-order valence-electron chi connectivity index (χ3n) is 3.27. The Morgan fingerprint density at radius 1 is 1.23 bits per heavy atom. The third-order valence-corrected chi connectivity index (χ3v) is 3.27. The third kappa shape index (κ3) is 2.68. The van der Waals surface area contributed by atoms with Gasteiger partial charge in [0.2, 0.25) is 0 Å². The first kappa shape index (κ1) is 9.47. The molecule has 0 radical (unpaired) electrons. The van der Waals surface area contributed by atoms with Crippen molar-refractivity contribution >= 4 is 0 Å². The van der Waals surface area contributed by atoms with E-state index in [0.717, 1.165) is 24.4 Å². The van der Waals surface area contributed by atoms with Crippen molar-refractivity contribution in [2.75, 3.05) is 13.2 Å². The fourth-order valence-corrected chi connectivity index (χ4v) is 2.03. The van der Waals surface area contributed by atoms with Crippen molar-refractivity contribution in [1.82, 2.24) is 5.32 Å². The second kappa shape index (κ2) is 3.97. The summed E-state index contributed by atoms with van der Waals surface area (Å²) in [6.45, 7) is 3.41. The lowest BCUT2D eigenvalue weighted by Crippen LogP contribution is -2.36. The Balaban J connectivity index is 1.70. The largest absolute Gasteiger partial charge is 0.396 e. The summed E-state index contributed by atoms with van der Waals surface area (Å²) < 4.78 is 0. The van der Waals surface area contributed by atoms with Crippen LogP contribution < -0.4 is 5.32 Å². The Hall–Kier alpha value is -0.0800. The molecule has 0 bridgehead atoms. The Morgan fingerprint density at radius 3 is 2.15 bits per heavy atom. The smallest absolute Gasteiger partial charge is 0.0468 e. The first-order valence-corrected chi connectivity index (χ1v) is 5.65. The fourth-order valence-electron chi connectivity index (χ4n) is 2.03. The van der Waals surface area contributed by atoms with Crippen LogP contribution in [0.25, 0.3) is 0 Å². The predicted molar refractivity (Wildman–Crippen MR) is 53.5 cm³/mol. The molecule has 2 rings (SSSR count). The molecule has 0 aromatic carbocycles. The summed E-state index contributed by atoms with van der Waals surface area (Å²) in [6.07, 6.45) is 5.73. The van der Waals surface area contributed by atoms with Gasteiger partial charge in [0.1, 0.15) is 0 Å². The minimum atomic E-state index is 0.315. The van der Waals surface area contributed by atoms with E-state index in [1.54, 1.807) is 0 Å². The van der Waals surface area contributed by atoms with Crippen LogP contribution in [0.3, 0.4) is 0 Å². The second-order valence-corrected chi connectivity index (χ2v) is 4.90. The maximum absolute atomic E-state index is 8.92. The van der Waals surface area contributed by atoms with Gasteiger partial charge in [0.15, 0.2) is 0 Å². The quantitative estimate of drug-likeness (QED) is 0.652. The molecule has 1 atom stereocenters. The Labute approximate surface area is 80.7 Å². The number of aliphatic hydroxyl groups is 1. The van der Waals surface area contributed by atoms with Crippen molar-refractivity contribution in [1.29, 1.82) is 0 Å². The average molecular weight is 183 g/mol. The molecule has 2 aliphatic carbocycles. The fraction of sp³-hybridized carbons (Fsp3) is 1.00. The summed E-state index contributed by atoms with van der Waals surface area (Å²) in [5.74, 6) is 2.36. The molecule has 2 N–H and O–H groups in total. The van der Waals surface area contributed by atoms with Crippen LogP contribution in [-0.4, -0.2) is 24.3 Å². The molecule has 76 valence electrons. The van der Waals surface area contributed by atoms with Gasteiger partial charge in [0.05, 0.1) is 0 Å². The van der Waals surface area contributed by atoms with Crippen molar-refractivity contribution < 1.29 is 5.11 Å². The number of nitrogens with one attached hydrogen (secondary N) is 1. The molecule has 0 aromatic heterocycles. The highest BCUT2D eigenvalue weighted by molar-refractivity contribution is 4.96. The van der Waals surface area contributed by atoms with Gasteiger partial charge >= 0.3 is 0 Å². The molecule has 0 aliphatic heterocycles. The van der Waals surface area contributed by atoms with Crippen LogP contribution in [-0.2, 0) is 0 Å². The molecule has 0 aromatic rings. The van der Waals surface area contributed by atoms with E-state index in [-0.39, 0.29) is 0 Å². The van der Waals surface area contributed by atoms with Crippen LogP contribution in [0.2, 0.25) is 0 Å². The molecule has 13 heavy (non-hydrogen) atoms.